The number of amides is 1. The molecule has 0 radical (unpaired) electrons. The summed E-state index contributed by atoms with van der Waals surface area (Å²) in [5.74, 6) is -0.177. The van der Waals surface area contributed by atoms with E-state index >= 15 is 0 Å². The van der Waals surface area contributed by atoms with Crippen molar-refractivity contribution in [2.75, 3.05) is 19.6 Å². The van der Waals surface area contributed by atoms with E-state index in [-0.39, 0.29) is 17.8 Å². The van der Waals surface area contributed by atoms with E-state index < -0.39 is 0 Å². The summed E-state index contributed by atoms with van der Waals surface area (Å²) in [6.45, 7) is 3.19. The van der Waals surface area contributed by atoms with Crippen molar-refractivity contribution >= 4 is 17.5 Å². The summed E-state index contributed by atoms with van der Waals surface area (Å²) in [4.78, 5) is 14.4. The molecule has 0 aliphatic carbocycles. The molecule has 0 saturated carbocycles. The minimum absolute atomic E-state index is 0.138. The number of nitrogens with two attached hydrogens (primary N) is 1. The van der Waals surface area contributed by atoms with Gasteiger partial charge in [-0.25, -0.2) is 4.39 Å². The summed E-state index contributed by atoms with van der Waals surface area (Å²) in [7, 11) is 0. The third kappa shape index (κ3) is 7.30. The van der Waals surface area contributed by atoms with Crippen molar-refractivity contribution in [1.29, 1.82) is 0 Å². The van der Waals surface area contributed by atoms with Crippen molar-refractivity contribution in [2.45, 2.75) is 57.5 Å². The Labute approximate surface area is 154 Å². The first-order valence-corrected chi connectivity index (χ1v) is 9.62. The Morgan fingerprint density at radius 3 is 2.88 bits per heavy atom. The first-order valence-electron chi connectivity index (χ1n) is 9.24. The second kappa shape index (κ2) is 10.7. The van der Waals surface area contributed by atoms with E-state index in [1.54, 1.807) is 6.07 Å². The molecule has 0 aromatic heterocycles. The second-order valence-corrected chi connectivity index (χ2v) is 7.24. The Hall–Kier alpha value is -1.17. The lowest BCUT2D eigenvalue weighted by Crippen LogP contribution is -2.47. The molecule has 1 amide bonds. The molecule has 1 aliphatic rings. The van der Waals surface area contributed by atoms with Crippen LogP contribution in [0.25, 0.3) is 0 Å². The fourth-order valence-electron chi connectivity index (χ4n) is 3.29. The zero-order chi connectivity index (χ0) is 18.1. The molecule has 4 nitrogen and oxygen atoms in total. The lowest BCUT2D eigenvalue weighted by Gasteiger charge is -2.33. The molecule has 0 spiro atoms. The number of carbonyl (C=O) groups excluding carboxylic acids is 1. The van der Waals surface area contributed by atoms with E-state index in [0.29, 0.717) is 18.0 Å². The van der Waals surface area contributed by atoms with Crippen molar-refractivity contribution < 1.29 is 9.18 Å². The summed E-state index contributed by atoms with van der Waals surface area (Å²) in [6.07, 6.45) is 6.75. The Bertz CT molecular complexity index is 555. The Morgan fingerprint density at radius 1 is 1.32 bits per heavy atom. The molecule has 0 bridgehead atoms. The molecule has 140 valence electrons. The highest BCUT2D eigenvalue weighted by molar-refractivity contribution is 6.31. The number of piperidine rings is 1. The van der Waals surface area contributed by atoms with Crippen LogP contribution in [0.3, 0.4) is 0 Å². The zero-order valence-electron chi connectivity index (χ0n) is 14.8. The van der Waals surface area contributed by atoms with Crippen molar-refractivity contribution in [2.24, 2.45) is 5.73 Å². The summed E-state index contributed by atoms with van der Waals surface area (Å²) in [6, 6.07) is 4.71. The summed E-state index contributed by atoms with van der Waals surface area (Å²) >= 11 is 6.12. The molecule has 2 rings (SSSR count). The molecule has 1 fully saturated rings. The first-order chi connectivity index (χ1) is 12.1. The minimum Gasteiger partial charge on any atom is -0.352 e. The van der Waals surface area contributed by atoms with Gasteiger partial charge in [-0.2, -0.15) is 0 Å². The number of nitrogens with one attached hydrogen (secondary N) is 1. The molecule has 1 aromatic carbocycles. The van der Waals surface area contributed by atoms with Crippen LogP contribution in [-0.4, -0.2) is 36.5 Å². The van der Waals surface area contributed by atoms with Crippen LogP contribution < -0.4 is 11.1 Å². The zero-order valence-corrected chi connectivity index (χ0v) is 15.5. The monoisotopic (exact) mass is 369 g/mol. The average Bonchev–Trinajstić information content (AvgIpc) is 2.57. The molecular weight excluding hydrogens is 341 g/mol. The smallest absolute Gasteiger partial charge is 0.220 e. The van der Waals surface area contributed by atoms with Gasteiger partial charge in [0.1, 0.15) is 5.82 Å². The highest BCUT2D eigenvalue weighted by atomic mass is 35.5. The van der Waals surface area contributed by atoms with E-state index in [9.17, 15) is 9.18 Å². The highest BCUT2D eigenvalue weighted by Gasteiger charge is 2.21. The molecular formula is C19H29ClFN3O. The number of halogens is 2. The van der Waals surface area contributed by atoms with Gasteiger partial charge in [0, 0.05) is 30.6 Å². The van der Waals surface area contributed by atoms with Gasteiger partial charge in [-0.15, -0.1) is 0 Å². The van der Waals surface area contributed by atoms with Crippen LogP contribution in [0.2, 0.25) is 5.02 Å². The van der Waals surface area contributed by atoms with E-state index in [0.717, 1.165) is 63.7 Å². The van der Waals surface area contributed by atoms with Crippen LogP contribution in [0.15, 0.2) is 18.2 Å². The molecule has 1 unspecified atom stereocenters. The fraction of sp³-hybridized carbons (Fsp3) is 0.632. The fourth-order valence-corrected chi connectivity index (χ4v) is 3.52. The van der Waals surface area contributed by atoms with Gasteiger partial charge in [0.25, 0.3) is 0 Å². The largest absolute Gasteiger partial charge is 0.352 e. The Morgan fingerprint density at radius 2 is 2.12 bits per heavy atom. The summed E-state index contributed by atoms with van der Waals surface area (Å²) in [5, 5.41) is 3.61. The van der Waals surface area contributed by atoms with Crippen LogP contribution in [0, 0.1) is 5.82 Å². The molecule has 1 aromatic rings. The number of benzene rings is 1. The van der Waals surface area contributed by atoms with Gasteiger partial charge in [0.2, 0.25) is 5.91 Å². The maximum absolute atomic E-state index is 13.2. The van der Waals surface area contributed by atoms with Gasteiger partial charge in [0.05, 0.1) is 0 Å². The maximum atomic E-state index is 13.2. The van der Waals surface area contributed by atoms with Crippen LogP contribution in [0.1, 0.15) is 50.5 Å². The molecule has 1 heterocycles. The van der Waals surface area contributed by atoms with Gasteiger partial charge in [0.15, 0.2) is 0 Å². The quantitative estimate of drug-likeness (QED) is 0.655. The van der Waals surface area contributed by atoms with Gasteiger partial charge < -0.3 is 11.1 Å². The molecule has 1 saturated heterocycles. The van der Waals surface area contributed by atoms with E-state index in [1.165, 1.54) is 12.1 Å². The van der Waals surface area contributed by atoms with Gasteiger partial charge in [-0.3, -0.25) is 9.69 Å². The highest BCUT2D eigenvalue weighted by Crippen LogP contribution is 2.21. The second-order valence-electron chi connectivity index (χ2n) is 6.83. The average molecular weight is 370 g/mol. The maximum Gasteiger partial charge on any atom is 0.220 e. The summed E-state index contributed by atoms with van der Waals surface area (Å²) < 4.78 is 13.2. The van der Waals surface area contributed by atoms with E-state index in [1.807, 2.05) is 0 Å². The Kier molecular flexibility index (Phi) is 8.65. The number of rotatable bonds is 9. The van der Waals surface area contributed by atoms with Crippen molar-refractivity contribution in [1.82, 2.24) is 10.2 Å². The van der Waals surface area contributed by atoms with Crippen molar-refractivity contribution in [3.05, 3.63) is 34.6 Å². The number of hydrogen-bond donors (Lipinski definition) is 2. The molecule has 1 atom stereocenters. The van der Waals surface area contributed by atoms with Crippen molar-refractivity contribution in [3.8, 4) is 0 Å². The summed E-state index contributed by atoms with van der Waals surface area (Å²) in [5.41, 5.74) is 6.39. The van der Waals surface area contributed by atoms with Crippen LogP contribution in [0.4, 0.5) is 4.39 Å². The van der Waals surface area contributed by atoms with Crippen LogP contribution >= 0.6 is 11.6 Å². The van der Waals surface area contributed by atoms with Gasteiger partial charge in [-0.05, 0) is 56.5 Å². The number of nitrogens with zero attached hydrogens (tertiary/aromatic N) is 1. The SMILES string of the molecule is NCCCCCCC(=O)NC1CCCN(Cc2ccc(F)cc2Cl)C1. The lowest BCUT2D eigenvalue weighted by atomic mass is 10.0. The molecule has 3 N–H and O–H groups in total. The predicted octanol–water partition coefficient (Wildman–Crippen LogP) is 3.47. The molecule has 6 heteroatoms. The topological polar surface area (TPSA) is 58.4 Å². The Balaban J connectivity index is 1.73. The van der Waals surface area contributed by atoms with Crippen LogP contribution in [-0.2, 0) is 11.3 Å². The normalized spacial score (nSPS) is 18.3. The number of likely N-dealkylation sites (tertiary alicyclic amines) is 1. The number of carbonyl (C=O) groups is 1. The molecule has 1 aliphatic heterocycles. The van der Waals surface area contributed by atoms with Gasteiger partial charge in [-0.1, -0.05) is 30.5 Å². The molecule has 25 heavy (non-hydrogen) atoms. The number of unbranched alkanes of at least 4 members (excludes halogenated alkanes) is 3. The lowest BCUT2D eigenvalue weighted by molar-refractivity contribution is -0.122. The van der Waals surface area contributed by atoms with Gasteiger partial charge >= 0.3 is 0 Å². The van der Waals surface area contributed by atoms with E-state index in [2.05, 4.69) is 10.2 Å². The number of hydrogen-bond acceptors (Lipinski definition) is 3. The first kappa shape index (κ1) is 20.1. The van der Waals surface area contributed by atoms with E-state index in [4.69, 9.17) is 17.3 Å². The third-order valence-corrected chi connectivity index (χ3v) is 4.99. The van der Waals surface area contributed by atoms with Crippen LogP contribution in [0.5, 0.6) is 0 Å². The third-order valence-electron chi connectivity index (χ3n) is 4.64. The predicted molar refractivity (Wildman–Crippen MR) is 100.0 cm³/mol. The minimum atomic E-state index is -0.316. The standard InChI is InChI=1S/C19H29ClFN3O/c20-18-12-16(21)9-8-15(18)13-24-11-5-6-17(14-24)23-19(25)7-3-1-2-4-10-22/h8-9,12,17H,1-7,10-11,13-14,22H2,(H,23,25). The van der Waals surface area contributed by atoms with Crippen molar-refractivity contribution in [3.63, 3.8) is 0 Å².